The van der Waals surface area contributed by atoms with Crippen molar-refractivity contribution in [2.45, 2.75) is 34.6 Å². The van der Waals surface area contributed by atoms with Crippen LogP contribution in [0.4, 0.5) is 5.69 Å². The predicted molar refractivity (Wildman–Crippen MR) is 120 cm³/mol. The fourth-order valence-electron chi connectivity index (χ4n) is 2.85. The second kappa shape index (κ2) is 10.2. The summed E-state index contributed by atoms with van der Waals surface area (Å²) in [6, 6.07) is 14.8. The number of thiocarbonyl (C=S) groups is 1. The molecular weight excluding hydrogens is 368 g/mol. The molecular formula is C23H30N2O2S. The first-order valence-corrected chi connectivity index (χ1v) is 10.1. The lowest BCUT2D eigenvalue weighted by molar-refractivity contribution is 0.102. The van der Waals surface area contributed by atoms with E-state index in [0.717, 1.165) is 24.3 Å². The minimum absolute atomic E-state index is 0.148. The zero-order chi connectivity index (χ0) is 20.7. The SMILES string of the molecule is Cc1ccccc1NC(=O)c1ccc(OC(=S)N(CC(C)C)CC(C)C)cc1. The third-order valence-corrected chi connectivity index (χ3v) is 4.49. The molecule has 0 spiro atoms. The number of para-hydroxylation sites is 1. The van der Waals surface area contributed by atoms with E-state index in [1.807, 2.05) is 31.2 Å². The molecule has 0 fully saturated rings. The van der Waals surface area contributed by atoms with Gasteiger partial charge in [0.1, 0.15) is 5.75 Å². The van der Waals surface area contributed by atoms with Crippen LogP contribution in [0.5, 0.6) is 5.75 Å². The Morgan fingerprint density at radius 3 is 2.11 bits per heavy atom. The van der Waals surface area contributed by atoms with E-state index in [9.17, 15) is 4.79 Å². The average Bonchev–Trinajstić information content (AvgIpc) is 2.63. The number of anilines is 1. The molecule has 0 bridgehead atoms. The number of ether oxygens (including phenoxy) is 1. The van der Waals surface area contributed by atoms with Crippen molar-refractivity contribution in [1.82, 2.24) is 4.90 Å². The Morgan fingerprint density at radius 1 is 1.00 bits per heavy atom. The molecule has 4 nitrogen and oxygen atoms in total. The first-order chi connectivity index (χ1) is 13.3. The van der Waals surface area contributed by atoms with Gasteiger partial charge >= 0.3 is 0 Å². The third-order valence-electron chi connectivity index (χ3n) is 4.14. The van der Waals surface area contributed by atoms with Crippen molar-refractivity contribution in [3.05, 3.63) is 59.7 Å². The molecule has 0 saturated heterocycles. The maximum Gasteiger partial charge on any atom is 0.264 e. The quantitative estimate of drug-likeness (QED) is 0.623. The van der Waals surface area contributed by atoms with Crippen molar-refractivity contribution >= 4 is 29.0 Å². The van der Waals surface area contributed by atoms with E-state index in [2.05, 4.69) is 37.9 Å². The average molecular weight is 399 g/mol. The topological polar surface area (TPSA) is 41.6 Å². The number of hydrogen-bond acceptors (Lipinski definition) is 3. The summed E-state index contributed by atoms with van der Waals surface area (Å²) in [7, 11) is 0. The molecule has 0 aliphatic carbocycles. The van der Waals surface area contributed by atoms with Gasteiger partial charge in [0.25, 0.3) is 11.1 Å². The van der Waals surface area contributed by atoms with E-state index in [4.69, 9.17) is 17.0 Å². The zero-order valence-electron chi connectivity index (χ0n) is 17.4. The van der Waals surface area contributed by atoms with E-state index in [1.165, 1.54) is 0 Å². The maximum absolute atomic E-state index is 12.5. The first-order valence-electron chi connectivity index (χ1n) is 9.70. The smallest absolute Gasteiger partial charge is 0.264 e. The van der Waals surface area contributed by atoms with Gasteiger partial charge in [-0.1, -0.05) is 45.9 Å². The van der Waals surface area contributed by atoms with Crippen LogP contribution in [0, 0.1) is 18.8 Å². The van der Waals surface area contributed by atoms with Gasteiger partial charge in [-0.05, 0) is 66.9 Å². The fraction of sp³-hybridized carbons (Fsp3) is 0.391. The summed E-state index contributed by atoms with van der Waals surface area (Å²) < 4.78 is 5.88. The summed E-state index contributed by atoms with van der Waals surface area (Å²) in [6.45, 7) is 12.3. The predicted octanol–water partition coefficient (Wildman–Crippen LogP) is 5.53. The number of amides is 1. The van der Waals surface area contributed by atoms with Gasteiger partial charge in [-0.25, -0.2) is 0 Å². The standard InChI is InChI=1S/C23H30N2O2S/c1-16(2)14-25(15-17(3)4)23(28)27-20-12-10-19(11-13-20)22(26)24-21-9-7-6-8-18(21)5/h6-13,16-17H,14-15H2,1-5H3,(H,24,26). The van der Waals surface area contributed by atoms with Crippen LogP contribution in [0.3, 0.4) is 0 Å². The van der Waals surface area contributed by atoms with Gasteiger partial charge in [0.05, 0.1) is 0 Å². The van der Waals surface area contributed by atoms with E-state index in [0.29, 0.717) is 28.3 Å². The van der Waals surface area contributed by atoms with Gasteiger partial charge in [0, 0.05) is 24.3 Å². The van der Waals surface area contributed by atoms with E-state index in [-0.39, 0.29) is 5.91 Å². The van der Waals surface area contributed by atoms with E-state index < -0.39 is 0 Å². The number of carbonyl (C=O) groups excluding carboxylic acids is 1. The van der Waals surface area contributed by atoms with Crippen LogP contribution in [0.15, 0.2) is 48.5 Å². The van der Waals surface area contributed by atoms with Gasteiger partial charge in [0.15, 0.2) is 0 Å². The number of rotatable bonds is 7. The Morgan fingerprint density at radius 2 is 1.57 bits per heavy atom. The largest absolute Gasteiger partial charge is 0.432 e. The number of hydrogen-bond donors (Lipinski definition) is 1. The second-order valence-electron chi connectivity index (χ2n) is 7.85. The van der Waals surface area contributed by atoms with Crippen LogP contribution in [0.2, 0.25) is 0 Å². The first kappa shape index (κ1) is 21.9. The van der Waals surface area contributed by atoms with Crippen molar-refractivity contribution in [1.29, 1.82) is 0 Å². The van der Waals surface area contributed by atoms with Crippen LogP contribution in [0.1, 0.15) is 43.6 Å². The van der Waals surface area contributed by atoms with Crippen molar-refractivity contribution in [2.75, 3.05) is 18.4 Å². The Kier molecular flexibility index (Phi) is 8.00. The summed E-state index contributed by atoms with van der Waals surface area (Å²) in [4.78, 5) is 14.6. The lowest BCUT2D eigenvalue weighted by atomic mass is 10.1. The monoisotopic (exact) mass is 398 g/mol. The number of aryl methyl sites for hydroxylation is 1. The molecule has 0 atom stereocenters. The lowest BCUT2D eigenvalue weighted by Crippen LogP contribution is -2.38. The fourth-order valence-corrected chi connectivity index (χ4v) is 3.10. The number of benzene rings is 2. The summed E-state index contributed by atoms with van der Waals surface area (Å²) >= 11 is 5.50. The van der Waals surface area contributed by atoms with E-state index in [1.54, 1.807) is 24.3 Å². The Labute approximate surface area is 173 Å². The number of carbonyl (C=O) groups is 1. The molecule has 0 aliphatic heterocycles. The molecule has 5 heteroatoms. The molecule has 1 amide bonds. The molecule has 150 valence electrons. The normalized spacial score (nSPS) is 10.8. The number of nitrogens with one attached hydrogen (secondary N) is 1. The van der Waals surface area contributed by atoms with Gasteiger partial charge < -0.3 is 15.0 Å². The van der Waals surface area contributed by atoms with Crippen LogP contribution < -0.4 is 10.1 Å². The van der Waals surface area contributed by atoms with Crippen LogP contribution in [-0.4, -0.2) is 29.1 Å². The summed E-state index contributed by atoms with van der Waals surface area (Å²) in [6.07, 6.45) is 0. The summed E-state index contributed by atoms with van der Waals surface area (Å²) in [5.74, 6) is 1.47. The van der Waals surface area contributed by atoms with Crippen molar-refractivity contribution in [3.63, 3.8) is 0 Å². The molecule has 2 rings (SSSR count). The molecule has 0 heterocycles. The van der Waals surface area contributed by atoms with Crippen molar-refractivity contribution < 1.29 is 9.53 Å². The Bertz CT molecular complexity index is 791. The Hall–Kier alpha value is -2.40. The van der Waals surface area contributed by atoms with Gasteiger partial charge in [-0.3, -0.25) is 4.79 Å². The molecule has 0 unspecified atom stereocenters. The van der Waals surface area contributed by atoms with Crippen molar-refractivity contribution in [3.8, 4) is 5.75 Å². The third kappa shape index (κ3) is 6.64. The molecule has 0 aliphatic rings. The minimum atomic E-state index is -0.148. The summed E-state index contributed by atoms with van der Waals surface area (Å²) in [5.41, 5.74) is 2.41. The second-order valence-corrected chi connectivity index (χ2v) is 8.20. The van der Waals surface area contributed by atoms with Gasteiger partial charge in [-0.15, -0.1) is 0 Å². The van der Waals surface area contributed by atoms with Crippen LogP contribution >= 0.6 is 12.2 Å². The summed E-state index contributed by atoms with van der Waals surface area (Å²) in [5, 5.41) is 3.41. The van der Waals surface area contributed by atoms with Gasteiger partial charge in [0.2, 0.25) is 0 Å². The molecule has 0 saturated carbocycles. The lowest BCUT2D eigenvalue weighted by Gasteiger charge is -2.28. The van der Waals surface area contributed by atoms with E-state index >= 15 is 0 Å². The molecule has 0 aromatic heterocycles. The van der Waals surface area contributed by atoms with Gasteiger partial charge in [-0.2, -0.15) is 0 Å². The zero-order valence-corrected chi connectivity index (χ0v) is 18.2. The Balaban J connectivity index is 2.02. The van der Waals surface area contributed by atoms with Crippen LogP contribution in [0.25, 0.3) is 0 Å². The molecule has 2 aromatic rings. The molecule has 28 heavy (non-hydrogen) atoms. The molecule has 1 N–H and O–H groups in total. The highest BCUT2D eigenvalue weighted by atomic mass is 32.1. The highest BCUT2D eigenvalue weighted by molar-refractivity contribution is 7.80. The highest BCUT2D eigenvalue weighted by Gasteiger charge is 2.15. The maximum atomic E-state index is 12.5. The van der Waals surface area contributed by atoms with Crippen LogP contribution in [-0.2, 0) is 0 Å². The molecule has 2 aromatic carbocycles. The number of nitrogens with zero attached hydrogens (tertiary/aromatic N) is 1. The highest BCUT2D eigenvalue weighted by Crippen LogP contribution is 2.18. The minimum Gasteiger partial charge on any atom is -0.432 e. The molecule has 0 radical (unpaired) electrons. The van der Waals surface area contributed by atoms with Crippen molar-refractivity contribution in [2.24, 2.45) is 11.8 Å².